The summed E-state index contributed by atoms with van der Waals surface area (Å²) in [5, 5.41) is 2.67. The second kappa shape index (κ2) is 7.89. The van der Waals surface area contributed by atoms with Crippen LogP contribution in [0.4, 0.5) is 5.69 Å². The Morgan fingerprint density at radius 1 is 1.07 bits per heavy atom. The summed E-state index contributed by atoms with van der Waals surface area (Å²) in [6.45, 7) is 0.255. The van der Waals surface area contributed by atoms with Gasteiger partial charge in [0.1, 0.15) is 0 Å². The van der Waals surface area contributed by atoms with Gasteiger partial charge < -0.3 is 10.2 Å². The van der Waals surface area contributed by atoms with Crippen molar-refractivity contribution in [3.05, 3.63) is 59.7 Å². The van der Waals surface area contributed by atoms with Crippen molar-refractivity contribution in [1.29, 1.82) is 0 Å². The van der Waals surface area contributed by atoms with Crippen LogP contribution >= 0.6 is 0 Å². The molecule has 27 heavy (non-hydrogen) atoms. The minimum Gasteiger partial charge on any atom is -0.351 e. The van der Waals surface area contributed by atoms with Gasteiger partial charge in [0.15, 0.2) is 0 Å². The molecule has 7 nitrogen and oxygen atoms in total. The molecule has 8 heteroatoms. The summed E-state index contributed by atoms with van der Waals surface area (Å²) in [6, 6.07) is 13.5. The number of sulfonamides is 1. The fraction of sp³-hybridized carbons (Fsp3) is 0.263. The molecule has 0 aliphatic carbocycles. The largest absolute Gasteiger partial charge is 0.351 e. The van der Waals surface area contributed by atoms with Crippen LogP contribution in [0.3, 0.4) is 0 Å². The van der Waals surface area contributed by atoms with Gasteiger partial charge in [0.05, 0.1) is 4.90 Å². The Kier molecular flexibility index (Phi) is 5.57. The van der Waals surface area contributed by atoms with Crippen LogP contribution in [-0.2, 0) is 21.2 Å². The highest BCUT2D eigenvalue weighted by molar-refractivity contribution is 7.89. The highest BCUT2D eigenvalue weighted by atomic mass is 32.2. The third-order valence-electron chi connectivity index (χ3n) is 4.44. The molecule has 0 aromatic heterocycles. The zero-order valence-electron chi connectivity index (χ0n) is 14.9. The normalized spacial score (nSPS) is 14.0. The Morgan fingerprint density at radius 2 is 1.81 bits per heavy atom. The quantitative estimate of drug-likeness (QED) is 0.731. The van der Waals surface area contributed by atoms with Crippen LogP contribution in [0.5, 0.6) is 0 Å². The van der Waals surface area contributed by atoms with Gasteiger partial charge in [0.25, 0.3) is 5.91 Å². The van der Waals surface area contributed by atoms with Crippen LogP contribution in [-0.4, -0.2) is 40.4 Å². The molecule has 0 unspecified atom stereocenters. The molecule has 0 fully saturated rings. The number of carbonyl (C=O) groups is 2. The molecule has 1 heterocycles. The molecule has 0 saturated carbocycles. The van der Waals surface area contributed by atoms with Crippen molar-refractivity contribution in [3.63, 3.8) is 0 Å². The fourth-order valence-electron chi connectivity index (χ4n) is 2.94. The number of nitrogens with one attached hydrogen (secondary N) is 2. The van der Waals surface area contributed by atoms with Gasteiger partial charge in [-0.3, -0.25) is 9.59 Å². The lowest BCUT2D eigenvalue weighted by Crippen LogP contribution is -2.35. The maximum atomic E-state index is 12.5. The third-order valence-corrected chi connectivity index (χ3v) is 5.90. The Bertz CT molecular complexity index is 958. The van der Waals surface area contributed by atoms with Crippen LogP contribution in [0.2, 0.25) is 0 Å². The van der Waals surface area contributed by atoms with Crippen molar-refractivity contribution in [2.75, 3.05) is 25.0 Å². The topological polar surface area (TPSA) is 95.6 Å². The first-order chi connectivity index (χ1) is 12.9. The Labute approximate surface area is 158 Å². The number of hydrogen-bond acceptors (Lipinski definition) is 4. The number of carbonyl (C=O) groups excluding carboxylic acids is 2. The van der Waals surface area contributed by atoms with E-state index in [0.29, 0.717) is 18.4 Å². The number of fused-ring (bicyclic) bond motifs is 1. The first kappa shape index (κ1) is 19.1. The number of amides is 2. The van der Waals surface area contributed by atoms with Crippen molar-refractivity contribution < 1.29 is 18.0 Å². The summed E-state index contributed by atoms with van der Waals surface area (Å²) >= 11 is 0. The smallest absolute Gasteiger partial charge is 0.251 e. The summed E-state index contributed by atoms with van der Waals surface area (Å²) in [7, 11) is -2.01. The summed E-state index contributed by atoms with van der Waals surface area (Å²) in [5.41, 5.74) is 2.09. The van der Waals surface area contributed by atoms with Gasteiger partial charge in [0.2, 0.25) is 15.9 Å². The van der Waals surface area contributed by atoms with Gasteiger partial charge in [-0.25, -0.2) is 13.1 Å². The lowest BCUT2D eigenvalue weighted by atomic mass is 10.0. The Morgan fingerprint density at radius 3 is 2.56 bits per heavy atom. The van der Waals surface area contributed by atoms with Gasteiger partial charge in [-0.2, -0.15) is 0 Å². The van der Waals surface area contributed by atoms with E-state index in [1.807, 2.05) is 6.07 Å². The van der Waals surface area contributed by atoms with Gasteiger partial charge in [-0.15, -0.1) is 0 Å². The number of hydrogen-bond donors (Lipinski definition) is 2. The number of aryl methyl sites for hydroxylation is 1. The zero-order chi connectivity index (χ0) is 19.4. The highest BCUT2D eigenvalue weighted by Gasteiger charge is 2.23. The van der Waals surface area contributed by atoms with E-state index in [4.69, 9.17) is 0 Å². The van der Waals surface area contributed by atoms with Crippen LogP contribution in [0.25, 0.3) is 0 Å². The van der Waals surface area contributed by atoms with Crippen LogP contribution < -0.4 is 14.9 Å². The molecule has 2 aromatic carbocycles. The molecule has 0 spiro atoms. The average Bonchev–Trinajstić information content (AvgIpc) is 2.68. The van der Waals surface area contributed by atoms with E-state index in [9.17, 15) is 18.0 Å². The van der Waals surface area contributed by atoms with Gasteiger partial charge in [0, 0.05) is 37.8 Å². The molecule has 2 N–H and O–H groups in total. The molecule has 2 aromatic rings. The molecular weight excluding hydrogens is 366 g/mol. The van der Waals surface area contributed by atoms with Crippen LogP contribution in [0.1, 0.15) is 22.3 Å². The maximum Gasteiger partial charge on any atom is 0.251 e. The lowest BCUT2D eigenvalue weighted by molar-refractivity contribution is -0.118. The third kappa shape index (κ3) is 4.35. The van der Waals surface area contributed by atoms with Gasteiger partial charge in [-0.1, -0.05) is 18.2 Å². The molecule has 1 aliphatic heterocycles. The second-order valence-corrected chi connectivity index (χ2v) is 8.03. The first-order valence-corrected chi connectivity index (χ1v) is 10.1. The standard InChI is InChI=1S/C19H21N3O4S/c1-22-17-9-8-16(13-15(17)7-10-18(22)23)27(25,26)21-12-11-20-19(24)14-5-3-2-4-6-14/h2-6,8-9,13,21H,7,10-12H2,1H3,(H,20,24). The summed E-state index contributed by atoms with van der Waals surface area (Å²) in [4.78, 5) is 25.4. The Balaban J connectivity index is 1.59. The average molecular weight is 387 g/mol. The zero-order valence-corrected chi connectivity index (χ0v) is 15.8. The molecule has 0 atom stereocenters. The molecule has 0 bridgehead atoms. The van der Waals surface area contributed by atoms with E-state index in [-0.39, 0.29) is 29.8 Å². The van der Waals surface area contributed by atoms with E-state index in [0.717, 1.165) is 11.3 Å². The van der Waals surface area contributed by atoms with Crippen molar-refractivity contribution in [1.82, 2.24) is 10.0 Å². The molecule has 0 saturated heterocycles. The predicted molar refractivity (Wildman–Crippen MR) is 102 cm³/mol. The minimum absolute atomic E-state index is 0.0189. The maximum absolute atomic E-state index is 12.5. The van der Waals surface area contributed by atoms with Crippen molar-refractivity contribution in [2.45, 2.75) is 17.7 Å². The Hall–Kier alpha value is -2.71. The van der Waals surface area contributed by atoms with E-state index in [1.165, 1.54) is 6.07 Å². The van der Waals surface area contributed by atoms with E-state index in [1.54, 1.807) is 48.3 Å². The summed E-state index contributed by atoms with van der Waals surface area (Å²) in [6.07, 6.45) is 0.890. The van der Waals surface area contributed by atoms with Gasteiger partial charge in [-0.05, 0) is 42.3 Å². The highest BCUT2D eigenvalue weighted by Crippen LogP contribution is 2.28. The molecular formula is C19H21N3O4S. The molecule has 2 amide bonds. The van der Waals surface area contributed by atoms with Crippen molar-refractivity contribution >= 4 is 27.5 Å². The molecule has 0 radical (unpaired) electrons. The second-order valence-electron chi connectivity index (χ2n) is 6.26. The number of nitrogens with zero attached hydrogens (tertiary/aromatic N) is 1. The van der Waals surface area contributed by atoms with E-state index in [2.05, 4.69) is 10.0 Å². The van der Waals surface area contributed by atoms with E-state index < -0.39 is 10.0 Å². The van der Waals surface area contributed by atoms with Gasteiger partial charge >= 0.3 is 0 Å². The molecule has 1 aliphatic rings. The lowest BCUT2D eigenvalue weighted by Gasteiger charge is -2.26. The van der Waals surface area contributed by atoms with Crippen LogP contribution in [0, 0.1) is 0 Å². The predicted octanol–water partition coefficient (Wildman–Crippen LogP) is 1.30. The molecule has 142 valence electrons. The first-order valence-electron chi connectivity index (χ1n) is 8.61. The van der Waals surface area contributed by atoms with Crippen molar-refractivity contribution in [2.24, 2.45) is 0 Å². The minimum atomic E-state index is -3.69. The summed E-state index contributed by atoms with van der Waals surface area (Å²) < 4.78 is 27.4. The molecule has 3 rings (SSSR count). The van der Waals surface area contributed by atoms with Crippen LogP contribution in [0.15, 0.2) is 53.4 Å². The van der Waals surface area contributed by atoms with E-state index >= 15 is 0 Å². The number of anilines is 1. The monoisotopic (exact) mass is 387 g/mol. The number of rotatable bonds is 6. The SMILES string of the molecule is CN1C(=O)CCc2cc(S(=O)(=O)NCCNC(=O)c3ccccc3)ccc21. The fourth-order valence-corrected chi connectivity index (χ4v) is 4.02. The summed E-state index contributed by atoms with van der Waals surface area (Å²) in [5.74, 6) is -0.235. The number of benzene rings is 2. The van der Waals surface area contributed by atoms with Crippen molar-refractivity contribution in [3.8, 4) is 0 Å².